The first kappa shape index (κ1) is 17.9. The van der Waals surface area contributed by atoms with E-state index >= 15 is 0 Å². The maximum absolute atomic E-state index is 12.2. The van der Waals surface area contributed by atoms with E-state index in [1.165, 1.54) is 11.3 Å². The third-order valence-electron chi connectivity index (χ3n) is 3.71. The van der Waals surface area contributed by atoms with Gasteiger partial charge in [0.15, 0.2) is 5.13 Å². The molecule has 0 aromatic carbocycles. The molecule has 1 fully saturated rings. The molecule has 1 amide bonds. The third kappa shape index (κ3) is 3.92. The molecule has 2 atom stereocenters. The number of aryl methyl sites for hydroxylation is 2. The van der Waals surface area contributed by atoms with Crippen molar-refractivity contribution < 1.29 is 13.9 Å². The Labute approximate surface area is 144 Å². The molecule has 0 aliphatic carbocycles. The van der Waals surface area contributed by atoms with Crippen LogP contribution in [0.4, 0.5) is 5.13 Å². The van der Waals surface area contributed by atoms with Gasteiger partial charge in [-0.05, 0) is 32.8 Å². The van der Waals surface area contributed by atoms with Gasteiger partial charge in [0.1, 0.15) is 17.6 Å². The predicted molar refractivity (Wildman–Crippen MR) is 92.1 cm³/mol. The van der Waals surface area contributed by atoms with Crippen molar-refractivity contribution in [3.8, 4) is 11.3 Å². The number of furan rings is 1. The highest BCUT2D eigenvalue weighted by molar-refractivity contribution is 7.14. The molecule has 6 nitrogen and oxygen atoms in total. The van der Waals surface area contributed by atoms with Gasteiger partial charge in [0.25, 0.3) is 5.91 Å². The number of hydrogen-bond acceptors (Lipinski definition) is 6. The molecule has 0 bridgehead atoms. The summed E-state index contributed by atoms with van der Waals surface area (Å²) in [5.41, 5.74) is 7.32. The molecule has 1 aliphatic rings. The first-order valence-corrected chi connectivity index (χ1v) is 8.14. The fourth-order valence-electron chi connectivity index (χ4n) is 2.60. The molecule has 2 aromatic heterocycles. The van der Waals surface area contributed by atoms with Gasteiger partial charge in [0.2, 0.25) is 0 Å². The van der Waals surface area contributed by atoms with Crippen LogP contribution in [-0.4, -0.2) is 29.6 Å². The second-order valence-corrected chi connectivity index (χ2v) is 6.27. The Hall–Kier alpha value is -1.41. The van der Waals surface area contributed by atoms with Crippen LogP contribution < -0.4 is 11.1 Å². The van der Waals surface area contributed by atoms with Crippen molar-refractivity contribution in [2.75, 3.05) is 11.9 Å². The molecule has 1 aliphatic heterocycles. The van der Waals surface area contributed by atoms with Crippen molar-refractivity contribution in [2.45, 2.75) is 38.9 Å². The number of nitrogens with two attached hydrogens (primary N) is 1. The van der Waals surface area contributed by atoms with Gasteiger partial charge in [-0.1, -0.05) is 0 Å². The van der Waals surface area contributed by atoms with E-state index in [9.17, 15) is 4.79 Å². The van der Waals surface area contributed by atoms with Crippen LogP contribution in [-0.2, 0) is 9.53 Å². The summed E-state index contributed by atoms with van der Waals surface area (Å²) in [6.45, 7) is 4.25. The Morgan fingerprint density at radius 3 is 2.87 bits per heavy atom. The maximum Gasteiger partial charge on any atom is 0.255 e. The molecule has 0 spiro atoms. The normalized spacial score (nSPS) is 20.3. The molecule has 0 radical (unpaired) electrons. The van der Waals surface area contributed by atoms with Gasteiger partial charge < -0.3 is 14.9 Å². The highest BCUT2D eigenvalue weighted by Crippen LogP contribution is 2.30. The van der Waals surface area contributed by atoms with E-state index in [1.807, 2.05) is 25.3 Å². The summed E-state index contributed by atoms with van der Waals surface area (Å²) in [7, 11) is 0. The molecular formula is C15H20ClN3O3S. The van der Waals surface area contributed by atoms with Crippen LogP contribution in [0.3, 0.4) is 0 Å². The number of amides is 1. The Morgan fingerprint density at radius 2 is 2.26 bits per heavy atom. The van der Waals surface area contributed by atoms with Gasteiger partial charge in [-0.15, -0.1) is 23.7 Å². The molecule has 2 aromatic rings. The van der Waals surface area contributed by atoms with Gasteiger partial charge in [0.05, 0.1) is 11.8 Å². The van der Waals surface area contributed by atoms with E-state index in [1.54, 1.807) is 0 Å². The number of thiazole rings is 1. The number of rotatable bonds is 4. The van der Waals surface area contributed by atoms with Crippen LogP contribution in [0.5, 0.6) is 0 Å². The molecule has 1 saturated heterocycles. The molecule has 3 heterocycles. The summed E-state index contributed by atoms with van der Waals surface area (Å²) >= 11 is 1.39. The highest BCUT2D eigenvalue weighted by Gasteiger charge is 2.30. The molecule has 126 valence electrons. The van der Waals surface area contributed by atoms with E-state index < -0.39 is 6.10 Å². The van der Waals surface area contributed by atoms with E-state index in [2.05, 4.69) is 10.3 Å². The quantitative estimate of drug-likeness (QED) is 0.878. The largest absolute Gasteiger partial charge is 0.466 e. The fourth-order valence-corrected chi connectivity index (χ4v) is 3.31. The van der Waals surface area contributed by atoms with Crippen molar-refractivity contribution >= 4 is 34.8 Å². The van der Waals surface area contributed by atoms with Gasteiger partial charge in [-0.25, -0.2) is 4.98 Å². The van der Waals surface area contributed by atoms with Crippen LogP contribution in [0.1, 0.15) is 24.4 Å². The van der Waals surface area contributed by atoms with Gasteiger partial charge in [-0.3, -0.25) is 10.1 Å². The Kier molecular flexibility index (Phi) is 5.80. The number of carbonyl (C=O) groups excluding carboxylic acids is 1. The van der Waals surface area contributed by atoms with Crippen LogP contribution >= 0.6 is 23.7 Å². The molecule has 8 heteroatoms. The van der Waals surface area contributed by atoms with Crippen LogP contribution in [0.25, 0.3) is 11.3 Å². The summed E-state index contributed by atoms with van der Waals surface area (Å²) in [6.07, 6.45) is 1.08. The Balaban J connectivity index is 0.00000192. The molecule has 3 rings (SSSR count). The fraction of sp³-hybridized carbons (Fsp3) is 0.467. The summed E-state index contributed by atoms with van der Waals surface area (Å²) in [5.74, 6) is 1.51. The molecule has 3 N–H and O–H groups in total. The highest BCUT2D eigenvalue weighted by atomic mass is 35.5. The lowest BCUT2D eigenvalue weighted by atomic mass is 10.2. The number of halogens is 1. The standard InChI is InChI=1S/C15H19N3O3S.ClH/c1-8-5-11(9(2)20-8)12-7-22-15(17-12)18-14(19)13-4-3-10(6-16)21-13;/h5,7,10,13H,3-4,6,16H2,1-2H3,(H,17,18,19);1H/t10-,13+;/m1./s1. The molecule has 23 heavy (non-hydrogen) atoms. The predicted octanol–water partition coefficient (Wildman–Crippen LogP) is 2.89. The van der Waals surface area contributed by atoms with E-state index in [4.69, 9.17) is 14.9 Å². The first-order chi connectivity index (χ1) is 10.6. The zero-order valence-corrected chi connectivity index (χ0v) is 14.6. The zero-order valence-electron chi connectivity index (χ0n) is 13.0. The van der Waals surface area contributed by atoms with Gasteiger partial charge >= 0.3 is 0 Å². The van der Waals surface area contributed by atoms with Crippen molar-refractivity contribution in [1.29, 1.82) is 0 Å². The van der Waals surface area contributed by atoms with Crippen LogP contribution in [0.15, 0.2) is 15.9 Å². The van der Waals surface area contributed by atoms with Gasteiger partial charge in [0, 0.05) is 17.5 Å². The SMILES string of the molecule is Cc1cc(-c2csc(NC(=O)[C@@H]3CC[C@H](CN)O3)n2)c(C)o1.Cl. The average molecular weight is 358 g/mol. The zero-order chi connectivity index (χ0) is 15.7. The average Bonchev–Trinajstić information content (AvgIpc) is 3.18. The number of nitrogens with zero attached hydrogens (tertiary/aromatic N) is 1. The molecular weight excluding hydrogens is 338 g/mol. The van der Waals surface area contributed by atoms with Crippen LogP contribution in [0.2, 0.25) is 0 Å². The Bertz CT molecular complexity index is 685. The van der Waals surface area contributed by atoms with Crippen LogP contribution in [0, 0.1) is 13.8 Å². The second-order valence-electron chi connectivity index (χ2n) is 5.41. The number of anilines is 1. The monoisotopic (exact) mass is 357 g/mol. The number of carbonyl (C=O) groups is 1. The Morgan fingerprint density at radius 1 is 1.48 bits per heavy atom. The topological polar surface area (TPSA) is 90.4 Å². The summed E-state index contributed by atoms with van der Waals surface area (Å²) < 4.78 is 11.1. The molecule has 0 saturated carbocycles. The van der Waals surface area contributed by atoms with Crippen molar-refractivity contribution in [2.24, 2.45) is 5.73 Å². The van der Waals surface area contributed by atoms with Gasteiger partial charge in [-0.2, -0.15) is 0 Å². The lowest BCUT2D eigenvalue weighted by Gasteiger charge is -2.11. The first-order valence-electron chi connectivity index (χ1n) is 7.26. The second kappa shape index (κ2) is 7.44. The minimum absolute atomic E-state index is 0. The number of hydrogen-bond donors (Lipinski definition) is 2. The lowest BCUT2D eigenvalue weighted by molar-refractivity contribution is -0.126. The summed E-state index contributed by atoms with van der Waals surface area (Å²) in [6, 6.07) is 1.95. The summed E-state index contributed by atoms with van der Waals surface area (Å²) in [4.78, 5) is 16.6. The minimum Gasteiger partial charge on any atom is -0.466 e. The van der Waals surface area contributed by atoms with E-state index in [0.717, 1.165) is 29.2 Å². The molecule has 0 unspecified atom stereocenters. The van der Waals surface area contributed by atoms with Crippen molar-refractivity contribution in [1.82, 2.24) is 4.98 Å². The number of nitrogens with one attached hydrogen (secondary N) is 1. The van der Waals surface area contributed by atoms with Crippen molar-refractivity contribution in [3.63, 3.8) is 0 Å². The van der Waals surface area contributed by atoms with E-state index in [0.29, 0.717) is 18.1 Å². The summed E-state index contributed by atoms with van der Waals surface area (Å²) in [5, 5.41) is 5.29. The van der Waals surface area contributed by atoms with E-state index in [-0.39, 0.29) is 24.4 Å². The third-order valence-corrected chi connectivity index (χ3v) is 4.47. The minimum atomic E-state index is -0.432. The number of aromatic nitrogens is 1. The number of ether oxygens (including phenoxy) is 1. The maximum atomic E-state index is 12.2. The smallest absolute Gasteiger partial charge is 0.255 e. The lowest BCUT2D eigenvalue weighted by Crippen LogP contribution is -2.29. The van der Waals surface area contributed by atoms with Crippen molar-refractivity contribution in [3.05, 3.63) is 23.0 Å².